The van der Waals surface area contributed by atoms with Gasteiger partial charge in [0.25, 0.3) is 0 Å². The monoisotopic (exact) mass is 520 g/mol. The molecule has 2 aromatic rings. The largest absolute Gasteiger partial charge is 0.433 e. The molecule has 5 nitrogen and oxygen atoms in total. The van der Waals surface area contributed by atoms with E-state index in [0.29, 0.717) is 18.1 Å². The quantitative estimate of drug-likeness (QED) is 0.587. The van der Waals surface area contributed by atoms with E-state index >= 15 is 0 Å². The Morgan fingerprint density at radius 1 is 0.886 bits per heavy atom. The lowest BCUT2D eigenvalue weighted by Crippen LogP contribution is -2.50. The van der Waals surface area contributed by atoms with E-state index in [1.165, 1.54) is 16.0 Å². The zero-order valence-electron chi connectivity index (χ0n) is 18.5. The van der Waals surface area contributed by atoms with Crippen molar-refractivity contribution < 1.29 is 31.4 Å². The number of anilines is 1. The summed E-state index contributed by atoms with van der Waals surface area (Å²) >= 11 is 6.13. The van der Waals surface area contributed by atoms with Crippen molar-refractivity contribution in [1.29, 1.82) is 0 Å². The average Bonchev–Trinajstić information content (AvgIpc) is 3.33. The molecule has 1 N–H and O–H groups in total. The first kappa shape index (κ1) is 24.6. The highest BCUT2D eigenvalue weighted by molar-refractivity contribution is 6.30. The van der Waals surface area contributed by atoms with Gasteiger partial charge < -0.3 is 10.0 Å². The van der Waals surface area contributed by atoms with Gasteiger partial charge in [-0.2, -0.15) is 26.3 Å². The second-order valence-corrected chi connectivity index (χ2v) is 10.2. The molecule has 3 aliphatic rings. The van der Waals surface area contributed by atoms with Crippen LogP contribution in [0.3, 0.4) is 0 Å². The molecule has 0 saturated carbocycles. The number of aromatic nitrogens is 2. The van der Waals surface area contributed by atoms with Crippen molar-refractivity contribution in [3.8, 4) is 0 Å². The van der Waals surface area contributed by atoms with Gasteiger partial charge in [0.05, 0.1) is 12.1 Å². The topological polar surface area (TPSA) is 52.5 Å². The first-order chi connectivity index (χ1) is 16.3. The lowest BCUT2D eigenvalue weighted by molar-refractivity contribution is -0.147. The van der Waals surface area contributed by atoms with Gasteiger partial charge in [-0.1, -0.05) is 17.7 Å². The maximum Gasteiger partial charge on any atom is 0.433 e. The lowest BCUT2D eigenvalue weighted by Gasteiger charge is -2.42. The number of likely N-dealkylation sites (tertiary alicyclic amines) is 1. The molecule has 1 spiro atoms. The highest BCUT2D eigenvalue weighted by atomic mass is 35.5. The van der Waals surface area contributed by atoms with Gasteiger partial charge in [0.2, 0.25) is 5.95 Å². The van der Waals surface area contributed by atoms with Crippen LogP contribution in [0.2, 0.25) is 5.02 Å². The van der Waals surface area contributed by atoms with Crippen LogP contribution in [0, 0.1) is 5.41 Å². The maximum atomic E-state index is 13.2. The van der Waals surface area contributed by atoms with Crippen molar-refractivity contribution in [3.63, 3.8) is 0 Å². The van der Waals surface area contributed by atoms with E-state index in [4.69, 9.17) is 11.6 Å². The highest BCUT2D eigenvalue weighted by Gasteiger charge is 2.45. The van der Waals surface area contributed by atoms with Gasteiger partial charge in [-0.25, -0.2) is 9.97 Å². The minimum absolute atomic E-state index is 0.0443. The Morgan fingerprint density at radius 2 is 1.49 bits per heavy atom. The zero-order valence-corrected chi connectivity index (χ0v) is 19.3. The fraction of sp³-hybridized carbons (Fsp3) is 0.565. The molecule has 1 aromatic carbocycles. The van der Waals surface area contributed by atoms with Crippen LogP contribution in [0.5, 0.6) is 0 Å². The van der Waals surface area contributed by atoms with E-state index in [1.807, 2.05) is 12.1 Å². The molecule has 35 heavy (non-hydrogen) atoms. The van der Waals surface area contributed by atoms with Crippen LogP contribution < -0.4 is 4.90 Å². The van der Waals surface area contributed by atoms with Crippen molar-refractivity contribution in [1.82, 2.24) is 14.9 Å². The Hall–Kier alpha value is -2.11. The molecule has 0 bridgehead atoms. The molecular weight excluding hydrogens is 498 g/mol. The number of benzene rings is 1. The van der Waals surface area contributed by atoms with Crippen LogP contribution in [0.25, 0.3) is 0 Å². The van der Waals surface area contributed by atoms with Crippen molar-refractivity contribution in [3.05, 3.63) is 51.8 Å². The molecule has 0 radical (unpaired) electrons. The van der Waals surface area contributed by atoms with Crippen molar-refractivity contribution >= 4 is 17.5 Å². The van der Waals surface area contributed by atoms with Gasteiger partial charge in [0, 0.05) is 18.1 Å². The molecule has 5 rings (SSSR count). The molecule has 1 unspecified atom stereocenters. The zero-order chi connectivity index (χ0) is 25.2. The summed E-state index contributed by atoms with van der Waals surface area (Å²) in [5.41, 5.74) is -0.669. The smallest absolute Gasteiger partial charge is 0.390 e. The average molecular weight is 521 g/mol. The van der Waals surface area contributed by atoms with Gasteiger partial charge in [-0.3, -0.25) is 4.90 Å². The van der Waals surface area contributed by atoms with Gasteiger partial charge in [-0.05, 0) is 73.5 Å². The van der Waals surface area contributed by atoms with Crippen LogP contribution >= 0.6 is 11.6 Å². The number of hydrogen-bond donors (Lipinski definition) is 1. The molecule has 0 amide bonds. The summed E-state index contributed by atoms with van der Waals surface area (Å²) in [4.78, 5) is 9.98. The Labute approximate surface area is 202 Å². The fourth-order valence-electron chi connectivity index (χ4n) is 5.64. The minimum atomic E-state index is -5.06. The van der Waals surface area contributed by atoms with Crippen LogP contribution in [-0.2, 0) is 25.2 Å². The van der Waals surface area contributed by atoms with Crippen molar-refractivity contribution in [2.75, 3.05) is 31.1 Å². The van der Waals surface area contributed by atoms with E-state index < -0.39 is 41.8 Å². The van der Waals surface area contributed by atoms with Crippen molar-refractivity contribution in [2.45, 2.75) is 50.2 Å². The summed E-state index contributed by atoms with van der Waals surface area (Å²) in [6.07, 6.45) is -7.43. The third kappa shape index (κ3) is 4.82. The highest BCUT2D eigenvalue weighted by Crippen LogP contribution is 2.46. The van der Waals surface area contributed by atoms with Gasteiger partial charge >= 0.3 is 12.4 Å². The third-order valence-corrected chi connectivity index (χ3v) is 7.70. The molecule has 1 aliphatic carbocycles. The van der Waals surface area contributed by atoms with Crippen LogP contribution in [0.1, 0.15) is 35.4 Å². The number of β-amino-alcohol motifs (C(OH)–C–C–N with tert-alkyl or cyclic N) is 1. The number of nitrogens with zero attached hydrogens (tertiary/aromatic N) is 4. The summed E-state index contributed by atoms with van der Waals surface area (Å²) in [5.74, 6) is -0.676. The first-order valence-corrected chi connectivity index (χ1v) is 11.7. The number of aliphatic hydroxyl groups is 1. The molecule has 1 aromatic heterocycles. The molecule has 190 valence electrons. The van der Waals surface area contributed by atoms with Gasteiger partial charge in [0.1, 0.15) is 0 Å². The van der Waals surface area contributed by atoms with E-state index in [2.05, 4.69) is 20.9 Å². The Balaban J connectivity index is 1.29. The third-order valence-electron chi connectivity index (χ3n) is 7.46. The predicted molar refractivity (Wildman–Crippen MR) is 116 cm³/mol. The Bertz CT molecular complexity index is 1080. The second kappa shape index (κ2) is 8.48. The Morgan fingerprint density at radius 3 is 2.09 bits per heavy atom. The van der Waals surface area contributed by atoms with E-state index in [0.717, 1.165) is 25.7 Å². The summed E-state index contributed by atoms with van der Waals surface area (Å²) < 4.78 is 79.1. The first-order valence-electron chi connectivity index (χ1n) is 11.3. The maximum absolute atomic E-state index is 13.2. The molecule has 12 heteroatoms. The number of aliphatic hydroxyl groups excluding tert-OH is 1. The van der Waals surface area contributed by atoms with Gasteiger partial charge in [-0.15, -0.1) is 0 Å². The number of hydrogen-bond acceptors (Lipinski definition) is 5. The summed E-state index contributed by atoms with van der Waals surface area (Å²) in [7, 11) is 0. The van der Waals surface area contributed by atoms with Crippen LogP contribution in [-0.4, -0.2) is 58.3 Å². The lowest BCUT2D eigenvalue weighted by atomic mass is 9.75. The second-order valence-electron chi connectivity index (χ2n) is 9.78. The van der Waals surface area contributed by atoms with Crippen LogP contribution in [0.15, 0.2) is 24.3 Å². The minimum Gasteiger partial charge on any atom is -0.390 e. The number of piperidine rings is 1. The summed E-state index contributed by atoms with van der Waals surface area (Å²) in [5, 5.41) is 11.4. The number of fused-ring (bicyclic) bond motifs is 1. The van der Waals surface area contributed by atoms with E-state index in [9.17, 15) is 31.4 Å². The molecule has 3 heterocycles. The standard InChI is InChI=1S/C23H23ClF6N4O/c24-15-2-1-13-9-21(10-14(13)7-15)3-5-33(6-4-21)16-11-34(12-17(16)35)20-31-18(22(25,26)27)8-19(32-20)23(28,29)30/h1-2,7-8,16-17,35H,3-6,9-12H2/t16?,17-/m1/s1. The summed E-state index contributed by atoms with van der Waals surface area (Å²) in [6, 6.07) is 5.42. The number of halogens is 7. The van der Waals surface area contributed by atoms with Crippen molar-refractivity contribution in [2.24, 2.45) is 5.41 Å². The SMILES string of the molecule is O[C@@H]1CN(c2nc(C(F)(F)F)cc(C(F)(F)F)n2)CC1N1CCC2(CC1)Cc1ccc(Cl)cc1C2. The van der Waals surface area contributed by atoms with E-state index in [-0.39, 0.29) is 24.6 Å². The van der Waals surface area contributed by atoms with Gasteiger partial charge in [0.15, 0.2) is 11.4 Å². The fourth-order valence-corrected chi connectivity index (χ4v) is 5.84. The summed E-state index contributed by atoms with van der Waals surface area (Å²) in [6.45, 7) is 1.25. The molecule has 2 atom stereocenters. The molecular formula is C23H23ClF6N4O. The normalized spacial score (nSPS) is 24.9. The number of rotatable bonds is 2. The molecule has 2 fully saturated rings. The van der Waals surface area contributed by atoms with E-state index in [1.54, 1.807) is 0 Å². The number of alkyl halides is 6. The predicted octanol–water partition coefficient (Wildman–Crippen LogP) is 4.60. The molecule has 2 saturated heterocycles. The Kier molecular flexibility index (Phi) is 5.96. The van der Waals surface area contributed by atoms with Crippen LogP contribution in [0.4, 0.5) is 32.3 Å². The molecule has 2 aliphatic heterocycles.